The second-order valence-corrected chi connectivity index (χ2v) is 6.74. The lowest BCUT2D eigenvalue weighted by molar-refractivity contribution is -0.384. The molecule has 0 aromatic heterocycles. The molecule has 0 atom stereocenters. The summed E-state index contributed by atoms with van der Waals surface area (Å²) in [7, 11) is 1.49. The number of nitrogens with one attached hydrogen (secondary N) is 1. The number of carbonyl (C=O) groups excluding carboxylic acids is 2. The van der Waals surface area contributed by atoms with Crippen molar-refractivity contribution >= 4 is 35.4 Å². The van der Waals surface area contributed by atoms with Gasteiger partial charge >= 0.3 is 5.97 Å². The van der Waals surface area contributed by atoms with Crippen molar-refractivity contribution < 1.29 is 24.0 Å². The van der Waals surface area contributed by atoms with Gasteiger partial charge in [0.25, 0.3) is 11.6 Å². The highest BCUT2D eigenvalue weighted by Crippen LogP contribution is 2.23. The van der Waals surface area contributed by atoms with Crippen LogP contribution in [0.5, 0.6) is 11.5 Å². The summed E-state index contributed by atoms with van der Waals surface area (Å²) in [6, 6.07) is 16.1. The minimum Gasteiger partial charge on any atom is -0.497 e. The van der Waals surface area contributed by atoms with E-state index in [9.17, 15) is 19.7 Å². The van der Waals surface area contributed by atoms with Gasteiger partial charge in [-0.15, -0.1) is 0 Å². The van der Waals surface area contributed by atoms with E-state index in [0.29, 0.717) is 16.3 Å². The third-order valence-electron chi connectivity index (χ3n) is 4.19. The van der Waals surface area contributed by atoms with Crippen LogP contribution in [0.3, 0.4) is 0 Å². The maximum Gasteiger partial charge on any atom is 0.343 e. The molecule has 32 heavy (non-hydrogen) atoms. The molecule has 0 fully saturated rings. The summed E-state index contributed by atoms with van der Waals surface area (Å²) in [5, 5.41) is 14.9. The number of amides is 1. The molecule has 3 aromatic rings. The summed E-state index contributed by atoms with van der Waals surface area (Å²) in [4.78, 5) is 34.8. The highest BCUT2D eigenvalue weighted by Gasteiger charge is 2.13. The topological polar surface area (TPSA) is 120 Å². The van der Waals surface area contributed by atoms with Crippen molar-refractivity contribution in [3.8, 4) is 11.5 Å². The average Bonchev–Trinajstić information content (AvgIpc) is 2.80. The van der Waals surface area contributed by atoms with E-state index in [1.165, 1.54) is 55.8 Å². The second kappa shape index (κ2) is 10.2. The van der Waals surface area contributed by atoms with Gasteiger partial charge in [0, 0.05) is 28.3 Å². The van der Waals surface area contributed by atoms with Crippen LogP contribution in [0, 0.1) is 10.1 Å². The van der Waals surface area contributed by atoms with Gasteiger partial charge in [0.05, 0.1) is 23.8 Å². The van der Waals surface area contributed by atoms with Crippen LogP contribution >= 0.6 is 11.6 Å². The number of hydrogen-bond donors (Lipinski definition) is 1. The van der Waals surface area contributed by atoms with Crippen molar-refractivity contribution in [1.29, 1.82) is 0 Å². The van der Waals surface area contributed by atoms with E-state index < -0.39 is 16.8 Å². The van der Waals surface area contributed by atoms with E-state index in [2.05, 4.69) is 10.5 Å². The lowest BCUT2D eigenvalue weighted by atomic mass is 10.2. The Hall–Kier alpha value is -4.24. The molecule has 9 nitrogen and oxygen atoms in total. The van der Waals surface area contributed by atoms with Crippen LogP contribution in [0.4, 0.5) is 5.69 Å². The molecular formula is C22H16ClN3O6. The molecular weight excluding hydrogens is 438 g/mol. The first-order chi connectivity index (χ1) is 15.4. The fourth-order valence-corrected chi connectivity index (χ4v) is 2.76. The van der Waals surface area contributed by atoms with Gasteiger partial charge in [0.15, 0.2) is 0 Å². The summed E-state index contributed by atoms with van der Waals surface area (Å²) in [6.45, 7) is 0. The fourth-order valence-electron chi connectivity index (χ4n) is 2.58. The van der Waals surface area contributed by atoms with Gasteiger partial charge in [-0.2, -0.15) is 5.10 Å². The highest BCUT2D eigenvalue weighted by atomic mass is 35.5. The number of benzene rings is 3. The SMILES string of the molecule is COc1cccc(C(=O)Oc2ccc(Cl)cc2/C=N/NC(=O)c2ccc([N+](=O)[O-])cc2)c1. The number of nitrogens with zero attached hydrogens (tertiary/aromatic N) is 2. The maximum atomic E-state index is 12.5. The number of hydrogen-bond acceptors (Lipinski definition) is 7. The van der Waals surface area contributed by atoms with Crippen LogP contribution in [0.1, 0.15) is 26.3 Å². The first-order valence-corrected chi connectivity index (χ1v) is 9.49. The van der Waals surface area contributed by atoms with Gasteiger partial charge in [-0.3, -0.25) is 14.9 Å². The zero-order chi connectivity index (χ0) is 23.1. The summed E-state index contributed by atoms with van der Waals surface area (Å²) in [5.41, 5.74) is 2.99. The maximum absolute atomic E-state index is 12.5. The zero-order valence-electron chi connectivity index (χ0n) is 16.7. The summed E-state index contributed by atoms with van der Waals surface area (Å²) in [5.74, 6) is -0.509. The number of halogens is 1. The van der Waals surface area contributed by atoms with E-state index in [0.717, 1.165) is 0 Å². The van der Waals surface area contributed by atoms with Crippen LogP contribution < -0.4 is 14.9 Å². The van der Waals surface area contributed by atoms with Gasteiger partial charge in [0.1, 0.15) is 11.5 Å². The Morgan fingerprint density at radius 1 is 1.06 bits per heavy atom. The number of rotatable bonds is 7. The van der Waals surface area contributed by atoms with Crippen LogP contribution in [-0.4, -0.2) is 30.1 Å². The van der Waals surface area contributed by atoms with Crippen molar-refractivity contribution in [2.75, 3.05) is 7.11 Å². The number of methoxy groups -OCH3 is 1. The van der Waals surface area contributed by atoms with Crippen LogP contribution in [0.2, 0.25) is 5.02 Å². The van der Waals surface area contributed by atoms with E-state index in [1.54, 1.807) is 24.3 Å². The van der Waals surface area contributed by atoms with E-state index in [4.69, 9.17) is 21.1 Å². The molecule has 0 aliphatic rings. The number of ether oxygens (including phenoxy) is 2. The van der Waals surface area contributed by atoms with E-state index in [1.807, 2.05) is 0 Å². The Morgan fingerprint density at radius 3 is 2.50 bits per heavy atom. The number of nitro groups is 1. The minimum absolute atomic E-state index is 0.133. The normalized spacial score (nSPS) is 10.6. The quantitative estimate of drug-likeness (QED) is 0.188. The molecule has 1 amide bonds. The van der Waals surface area contributed by atoms with Crippen LogP contribution in [0.15, 0.2) is 71.8 Å². The van der Waals surface area contributed by atoms with Crippen molar-refractivity contribution in [1.82, 2.24) is 5.43 Å². The molecule has 1 N–H and O–H groups in total. The first kappa shape index (κ1) is 22.4. The molecule has 0 saturated carbocycles. The molecule has 162 valence electrons. The van der Waals surface area contributed by atoms with Crippen molar-refractivity contribution in [3.05, 3.63) is 98.6 Å². The van der Waals surface area contributed by atoms with Gasteiger partial charge in [0.2, 0.25) is 0 Å². The van der Waals surface area contributed by atoms with Crippen molar-refractivity contribution in [2.24, 2.45) is 5.10 Å². The molecule has 0 spiro atoms. The van der Waals surface area contributed by atoms with Gasteiger partial charge in [-0.05, 0) is 48.5 Å². The Bertz CT molecular complexity index is 1190. The first-order valence-electron chi connectivity index (χ1n) is 9.11. The Balaban J connectivity index is 1.73. The van der Waals surface area contributed by atoms with Gasteiger partial charge < -0.3 is 9.47 Å². The Kier molecular flexibility index (Phi) is 7.14. The third kappa shape index (κ3) is 5.67. The smallest absolute Gasteiger partial charge is 0.343 e. The number of non-ortho nitro benzene ring substituents is 1. The van der Waals surface area contributed by atoms with Crippen LogP contribution in [0.25, 0.3) is 0 Å². The Labute approximate surface area is 187 Å². The molecule has 0 aliphatic heterocycles. The molecule has 0 bridgehead atoms. The number of hydrazone groups is 1. The molecule has 0 heterocycles. The zero-order valence-corrected chi connectivity index (χ0v) is 17.4. The largest absolute Gasteiger partial charge is 0.497 e. The standard InChI is InChI=1S/C22H16ClN3O6/c1-31-19-4-2-3-15(12-19)22(28)32-20-10-7-17(23)11-16(20)13-24-25-21(27)14-5-8-18(9-6-14)26(29)30/h2-13H,1H3,(H,25,27)/b24-13+. The average molecular weight is 454 g/mol. The molecule has 0 radical (unpaired) electrons. The fraction of sp³-hybridized carbons (Fsp3) is 0.0455. The third-order valence-corrected chi connectivity index (χ3v) is 4.43. The Morgan fingerprint density at radius 2 is 1.81 bits per heavy atom. The molecule has 0 saturated heterocycles. The molecule has 10 heteroatoms. The van der Waals surface area contributed by atoms with Crippen LogP contribution in [-0.2, 0) is 0 Å². The monoisotopic (exact) mass is 453 g/mol. The molecule has 3 aromatic carbocycles. The summed E-state index contributed by atoms with van der Waals surface area (Å²) >= 11 is 6.03. The molecule has 0 unspecified atom stereocenters. The second-order valence-electron chi connectivity index (χ2n) is 6.31. The lowest BCUT2D eigenvalue weighted by Gasteiger charge is -2.09. The number of esters is 1. The molecule has 0 aliphatic carbocycles. The van der Waals surface area contributed by atoms with E-state index >= 15 is 0 Å². The number of nitro benzene ring substituents is 1. The minimum atomic E-state index is -0.615. The summed E-state index contributed by atoms with van der Waals surface area (Å²) < 4.78 is 10.5. The van der Waals surface area contributed by atoms with Gasteiger partial charge in [-0.25, -0.2) is 10.2 Å². The van der Waals surface area contributed by atoms with E-state index in [-0.39, 0.29) is 22.6 Å². The van der Waals surface area contributed by atoms with Gasteiger partial charge in [-0.1, -0.05) is 17.7 Å². The molecule has 3 rings (SSSR count). The predicted molar refractivity (Wildman–Crippen MR) is 118 cm³/mol. The van der Waals surface area contributed by atoms with Crippen molar-refractivity contribution in [3.63, 3.8) is 0 Å². The predicted octanol–water partition coefficient (Wildman–Crippen LogP) is 4.24. The summed E-state index contributed by atoms with van der Waals surface area (Å²) in [6.07, 6.45) is 1.27. The number of carbonyl (C=O) groups is 2. The highest BCUT2D eigenvalue weighted by molar-refractivity contribution is 6.31. The lowest BCUT2D eigenvalue weighted by Crippen LogP contribution is -2.17. The van der Waals surface area contributed by atoms with Crippen molar-refractivity contribution in [2.45, 2.75) is 0 Å².